The molecule has 1 aliphatic carbocycles. The van der Waals surface area contributed by atoms with Crippen molar-refractivity contribution in [3.63, 3.8) is 0 Å². The molecule has 1 aromatic carbocycles. The van der Waals surface area contributed by atoms with Crippen LogP contribution in [0.5, 0.6) is 5.75 Å². The van der Waals surface area contributed by atoms with Gasteiger partial charge in [-0.2, -0.15) is 0 Å². The first-order valence-corrected chi connectivity index (χ1v) is 7.52. The molecule has 0 saturated heterocycles. The lowest BCUT2D eigenvalue weighted by atomic mass is 10.1. The Kier molecular flexibility index (Phi) is 3.53. The Labute approximate surface area is 117 Å². The smallest absolute Gasteiger partial charge is 0.119 e. The summed E-state index contributed by atoms with van der Waals surface area (Å²) in [4.78, 5) is 5.56. The Hall–Kier alpha value is -1.39. The first-order chi connectivity index (χ1) is 9.24. The Balaban J connectivity index is 1.60. The molecule has 2 N–H and O–H groups in total. The molecule has 0 fully saturated rings. The van der Waals surface area contributed by atoms with Crippen molar-refractivity contribution in [3.8, 4) is 5.75 Å². The number of nitrogens with zero attached hydrogens (tertiary/aromatic N) is 1. The normalized spacial score (nSPS) is 17.5. The predicted octanol–water partition coefficient (Wildman–Crippen LogP) is 3.02. The van der Waals surface area contributed by atoms with Crippen LogP contribution in [-0.4, -0.2) is 11.6 Å². The van der Waals surface area contributed by atoms with Crippen molar-refractivity contribution < 1.29 is 4.74 Å². The third-order valence-electron chi connectivity index (χ3n) is 3.68. The lowest BCUT2D eigenvalue weighted by Crippen LogP contribution is -2.05. The Morgan fingerprint density at radius 1 is 1.47 bits per heavy atom. The molecule has 2 aromatic rings. The summed E-state index contributed by atoms with van der Waals surface area (Å²) in [5.41, 5.74) is 11.7. The van der Waals surface area contributed by atoms with Crippen molar-refractivity contribution in [1.82, 2.24) is 4.98 Å². The molecule has 0 unspecified atom stereocenters. The van der Waals surface area contributed by atoms with Gasteiger partial charge in [-0.3, -0.25) is 0 Å². The minimum Gasteiger partial charge on any atom is -0.493 e. The summed E-state index contributed by atoms with van der Waals surface area (Å²) in [6.45, 7) is 2.75. The zero-order chi connectivity index (χ0) is 13.2. The molecule has 1 aromatic heterocycles. The number of thiazole rings is 1. The number of aromatic nitrogens is 1. The topological polar surface area (TPSA) is 48.1 Å². The molecule has 0 spiro atoms. The van der Waals surface area contributed by atoms with Crippen LogP contribution in [0.1, 0.15) is 34.2 Å². The number of aryl methyl sites for hydroxylation is 2. The van der Waals surface area contributed by atoms with Gasteiger partial charge in [-0.1, -0.05) is 6.07 Å². The average Bonchev–Trinajstić information content (AvgIpc) is 2.97. The largest absolute Gasteiger partial charge is 0.493 e. The molecular weight excluding hydrogens is 256 g/mol. The minimum atomic E-state index is 0.212. The zero-order valence-corrected chi connectivity index (χ0v) is 11.9. The molecule has 0 bridgehead atoms. The summed E-state index contributed by atoms with van der Waals surface area (Å²) in [5.74, 6) is 0.954. The summed E-state index contributed by atoms with van der Waals surface area (Å²) < 4.78 is 5.83. The fourth-order valence-corrected chi connectivity index (χ4v) is 3.31. The summed E-state index contributed by atoms with van der Waals surface area (Å²) in [6.07, 6.45) is 3.05. The van der Waals surface area contributed by atoms with Gasteiger partial charge in [0.25, 0.3) is 0 Å². The van der Waals surface area contributed by atoms with Gasteiger partial charge < -0.3 is 10.5 Å². The molecule has 100 valence electrons. The molecule has 0 aliphatic heterocycles. The highest BCUT2D eigenvalue weighted by Gasteiger charge is 2.19. The summed E-state index contributed by atoms with van der Waals surface area (Å²) in [6, 6.07) is 6.50. The standard InChI is InChI=1S/C15H18N2OS/c1-10-15(19-9-17-10)6-7-18-12-3-4-13-11(8-12)2-5-14(13)16/h3-4,8-9,14H,2,5-7,16H2,1H3/t14-/m1/s1. The monoisotopic (exact) mass is 274 g/mol. The first kappa shape index (κ1) is 12.6. The van der Waals surface area contributed by atoms with Gasteiger partial charge in [0.1, 0.15) is 5.75 Å². The summed E-state index contributed by atoms with van der Waals surface area (Å²) in [7, 11) is 0. The molecule has 4 heteroatoms. The van der Waals surface area contributed by atoms with E-state index in [-0.39, 0.29) is 6.04 Å². The second-order valence-corrected chi connectivity index (χ2v) is 5.90. The highest BCUT2D eigenvalue weighted by molar-refractivity contribution is 7.09. The predicted molar refractivity (Wildman–Crippen MR) is 77.7 cm³/mol. The number of nitrogens with two attached hydrogens (primary N) is 1. The van der Waals surface area contributed by atoms with E-state index in [1.165, 1.54) is 16.0 Å². The molecule has 1 atom stereocenters. The number of fused-ring (bicyclic) bond motifs is 1. The molecule has 1 aliphatic rings. The van der Waals surface area contributed by atoms with Crippen molar-refractivity contribution >= 4 is 11.3 Å². The van der Waals surface area contributed by atoms with Crippen molar-refractivity contribution in [2.45, 2.75) is 32.2 Å². The van der Waals surface area contributed by atoms with Gasteiger partial charge >= 0.3 is 0 Å². The Bertz CT molecular complexity index is 579. The van der Waals surface area contributed by atoms with Gasteiger partial charge in [0, 0.05) is 17.3 Å². The summed E-state index contributed by atoms with van der Waals surface area (Å²) >= 11 is 1.70. The number of rotatable bonds is 4. The van der Waals surface area contributed by atoms with Crippen LogP contribution < -0.4 is 10.5 Å². The van der Waals surface area contributed by atoms with Gasteiger partial charge in [0.05, 0.1) is 17.8 Å². The Morgan fingerprint density at radius 2 is 2.37 bits per heavy atom. The fourth-order valence-electron chi connectivity index (χ4n) is 2.54. The SMILES string of the molecule is Cc1ncsc1CCOc1ccc2c(c1)CC[C@H]2N. The molecule has 0 radical (unpaired) electrons. The molecule has 1 heterocycles. The van der Waals surface area contributed by atoms with Crippen molar-refractivity contribution in [1.29, 1.82) is 0 Å². The van der Waals surface area contributed by atoms with Crippen LogP contribution in [0.3, 0.4) is 0 Å². The molecule has 3 rings (SSSR count). The third-order valence-corrected chi connectivity index (χ3v) is 4.68. The number of hydrogen-bond donors (Lipinski definition) is 1. The van der Waals surface area contributed by atoms with Crippen LogP contribution in [0, 0.1) is 6.92 Å². The highest BCUT2D eigenvalue weighted by atomic mass is 32.1. The van der Waals surface area contributed by atoms with E-state index in [4.69, 9.17) is 10.5 Å². The van der Waals surface area contributed by atoms with E-state index >= 15 is 0 Å². The number of hydrogen-bond acceptors (Lipinski definition) is 4. The maximum atomic E-state index is 6.03. The van der Waals surface area contributed by atoms with E-state index in [1.807, 2.05) is 18.5 Å². The van der Waals surface area contributed by atoms with E-state index < -0.39 is 0 Å². The van der Waals surface area contributed by atoms with Gasteiger partial charge in [0.2, 0.25) is 0 Å². The number of ether oxygens (including phenoxy) is 1. The zero-order valence-electron chi connectivity index (χ0n) is 11.1. The average molecular weight is 274 g/mol. The molecular formula is C15H18N2OS. The van der Waals surface area contributed by atoms with E-state index in [1.54, 1.807) is 11.3 Å². The maximum Gasteiger partial charge on any atom is 0.119 e. The third kappa shape index (κ3) is 2.65. The first-order valence-electron chi connectivity index (χ1n) is 6.64. The quantitative estimate of drug-likeness (QED) is 0.932. The fraction of sp³-hybridized carbons (Fsp3) is 0.400. The van der Waals surface area contributed by atoms with Crippen molar-refractivity contribution in [2.24, 2.45) is 5.73 Å². The molecule has 3 nitrogen and oxygen atoms in total. The van der Waals surface area contributed by atoms with Gasteiger partial charge in [-0.05, 0) is 43.0 Å². The van der Waals surface area contributed by atoms with Crippen LogP contribution in [-0.2, 0) is 12.8 Å². The highest BCUT2D eigenvalue weighted by Crippen LogP contribution is 2.31. The number of benzene rings is 1. The van der Waals surface area contributed by atoms with Crippen LogP contribution in [0.25, 0.3) is 0 Å². The van der Waals surface area contributed by atoms with Crippen molar-refractivity contribution in [2.75, 3.05) is 6.61 Å². The molecule has 0 saturated carbocycles. The molecule has 0 amide bonds. The van der Waals surface area contributed by atoms with Crippen LogP contribution in [0.2, 0.25) is 0 Å². The second-order valence-electron chi connectivity index (χ2n) is 4.97. The van der Waals surface area contributed by atoms with Gasteiger partial charge in [-0.15, -0.1) is 11.3 Å². The van der Waals surface area contributed by atoms with Gasteiger partial charge in [0.15, 0.2) is 0 Å². The van der Waals surface area contributed by atoms with Gasteiger partial charge in [-0.25, -0.2) is 4.98 Å². The lowest BCUT2D eigenvalue weighted by Gasteiger charge is -2.09. The van der Waals surface area contributed by atoms with Crippen LogP contribution in [0.4, 0.5) is 0 Å². The Morgan fingerprint density at radius 3 is 3.16 bits per heavy atom. The summed E-state index contributed by atoms with van der Waals surface area (Å²) in [5, 5.41) is 0. The lowest BCUT2D eigenvalue weighted by molar-refractivity contribution is 0.322. The van der Waals surface area contributed by atoms with E-state index in [9.17, 15) is 0 Å². The maximum absolute atomic E-state index is 6.03. The van der Waals surface area contributed by atoms with E-state index in [2.05, 4.69) is 17.1 Å². The molecule has 19 heavy (non-hydrogen) atoms. The van der Waals surface area contributed by atoms with E-state index in [0.717, 1.165) is 30.7 Å². The van der Waals surface area contributed by atoms with Crippen LogP contribution >= 0.6 is 11.3 Å². The minimum absolute atomic E-state index is 0.212. The van der Waals surface area contributed by atoms with Crippen LogP contribution in [0.15, 0.2) is 23.7 Å². The van der Waals surface area contributed by atoms with E-state index in [0.29, 0.717) is 6.61 Å². The van der Waals surface area contributed by atoms with Crippen molar-refractivity contribution in [3.05, 3.63) is 45.4 Å². The second kappa shape index (κ2) is 5.31.